The van der Waals surface area contributed by atoms with Crippen LogP contribution in [0.4, 0.5) is 11.4 Å². The average molecular weight is 434 g/mol. The third-order valence-corrected chi connectivity index (χ3v) is 5.46. The fourth-order valence-electron chi connectivity index (χ4n) is 3.93. The molecule has 3 aromatic rings. The Morgan fingerprint density at radius 2 is 1.88 bits per heavy atom. The Morgan fingerprint density at radius 1 is 1.16 bits per heavy atom. The van der Waals surface area contributed by atoms with Crippen molar-refractivity contribution < 1.29 is 24.3 Å². The topological polar surface area (TPSA) is 102 Å². The SMILES string of the molecule is COc1cc(C(=O)N2c3ccccc3C[C@@H]2CO)c([N+](=O)[O-])cc1COc1ccccc1. The molecule has 0 fully saturated rings. The van der Waals surface area contributed by atoms with E-state index in [4.69, 9.17) is 9.47 Å². The van der Waals surface area contributed by atoms with Gasteiger partial charge in [0.05, 0.1) is 24.7 Å². The van der Waals surface area contributed by atoms with Gasteiger partial charge in [-0.2, -0.15) is 0 Å². The maximum atomic E-state index is 13.5. The van der Waals surface area contributed by atoms with Gasteiger partial charge in [-0.25, -0.2) is 0 Å². The van der Waals surface area contributed by atoms with Crippen LogP contribution in [0.3, 0.4) is 0 Å². The van der Waals surface area contributed by atoms with Crippen molar-refractivity contribution >= 4 is 17.3 Å². The number of aliphatic hydroxyl groups is 1. The van der Waals surface area contributed by atoms with Crippen molar-refractivity contribution in [2.45, 2.75) is 19.1 Å². The summed E-state index contributed by atoms with van der Waals surface area (Å²) in [5, 5.41) is 21.7. The Bertz CT molecular complexity index is 1150. The number of hydrogen-bond acceptors (Lipinski definition) is 6. The fourth-order valence-corrected chi connectivity index (χ4v) is 3.93. The van der Waals surface area contributed by atoms with Crippen LogP contribution in [0, 0.1) is 10.1 Å². The summed E-state index contributed by atoms with van der Waals surface area (Å²) in [6.07, 6.45) is 0.479. The van der Waals surface area contributed by atoms with Crippen LogP contribution in [0.5, 0.6) is 11.5 Å². The molecule has 8 nitrogen and oxygen atoms in total. The lowest BCUT2D eigenvalue weighted by atomic mass is 10.1. The molecule has 1 heterocycles. The number of benzene rings is 3. The maximum Gasteiger partial charge on any atom is 0.282 e. The molecule has 3 aromatic carbocycles. The van der Waals surface area contributed by atoms with Crippen LogP contribution in [0.25, 0.3) is 0 Å². The zero-order chi connectivity index (χ0) is 22.7. The number of anilines is 1. The number of nitro groups is 1. The first-order valence-corrected chi connectivity index (χ1v) is 10.1. The Labute approximate surface area is 184 Å². The molecule has 8 heteroatoms. The summed E-state index contributed by atoms with van der Waals surface area (Å²) >= 11 is 0. The first-order valence-electron chi connectivity index (χ1n) is 10.1. The van der Waals surface area contributed by atoms with Crippen molar-refractivity contribution in [2.75, 3.05) is 18.6 Å². The third-order valence-electron chi connectivity index (χ3n) is 5.46. The number of rotatable bonds is 7. The first kappa shape index (κ1) is 21.3. The monoisotopic (exact) mass is 434 g/mol. The molecule has 0 unspecified atom stereocenters. The number of aliphatic hydroxyl groups excluding tert-OH is 1. The molecular formula is C24H22N2O6. The van der Waals surface area contributed by atoms with Crippen molar-refractivity contribution in [1.29, 1.82) is 0 Å². The van der Waals surface area contributed by atoms with Gasteiger partial charge in [-0.1, -0.05) is 36.4 Å². The van der Waals surface area contributed by atoms with Gasteiger partial charge in [0.2, 0.25) is 0 Å². The highest BCUT2D eigenvalue weighted by Gasteiger charge is 2.37. The minimum absolute atomic E-state index is 0.0360. The van der Waals surface area contributed by atoms with E-state index < -0.39 is 16.9 Å². The molecule has 1 N–H and O–H groups in total. The molecule has 0 bridgehead atoms. The fraction of sp³-hybridized carbons (Fsp3) is 0.208. The van der Waals surface area contributed by atoms with Crippen molar-refractivity contribution in [3.63, 3.8) is 0 Å². The molecule has 164 valence electrons. The first-order chi connectivity index (χ1) is 15.5. The van der Waals surface area contributed by atoms with Gasteiger partial charge in [0.15, 0.2) is 0 Å². The van der Waals surface area contributed by atoms with Crippen molar-refractivity contribution in [3.8, 4) is 11.5 Å². The van der Waals surface area contributed by atoms with Gasteiger partial charge in [0.25, 0.3) is 11.6 Å². The molecule has 0 aliphatic carbocycles. The van der Waals surface area contributed by atoms with E-state index >= 15 is 0 Å². The van der Waals surface area contributed by atoms with E-state index in [2.05, 4.69) is 0 Å². The molecule has 1 aliphatic rings. The molecule has 0 aromatic heterocycles. The molecule has 0 radical (unpaired) electrons. The van der Waals surface area contributed by atoms with Crippen LogP contribution in [-0.4, -0.2) is 35.7 Å². The quantitative estimate of drug-likeness (QED) is 0.449. The standard InChI is InChI=1S/C24H22N2O6/c1-31-23-13-20(24(28)25-18(14-27)11-16-7-5-6-10-21(16)25)22(26(29)30)12-17(23)15-32-19-8-3-2-4-9-19/h2-10,12-13,18,27H,11,14-15H2,1H3/t18-/m1/s1. The van der Waals surface area contributed by atoms with Crippen LogP contribution in [0.2, 0.25) is 0 Å². The minimum atomic E-state index is -0.589. The Hall–Kier alpha value is -3.91. The number of ether oxygens (including phenoxy) is 2. The highest BCUT2D eigenvalue weighted by atomic mass is 16.6. The van der Waals surface area contributed by atoms with Crippen molar-refractivity contribution in [3.05, 3.63) is 93.5 Å². The number of nitrogens with zero attached hydrogens (tertiary/aromatic N) is 2. The van der Waals surface area contributed by atoms with E-state index in [1.807, 2.05) is 30.3 Å². The second kappa shape index (κ2) is 9.07. The van der Waals surface area contributed by atoms with E-state index in [9.17, 15) is 20.0 Å². The summed E-state index contributed by atoms with van der Waals surface area (Å²) in [4.78, 5) is 26.2. The summed E-state index contributed by atoms with van der Waals surface area (Å²) in [6, 6.07) is 18.5. The lowest BCUT2D eigenvalue weighted by Crippen LogP contribution is -2.40. The molecule has 0 spiro atoms. The summed E-state index contributed by atoms with van der Waals surface area (Å²) in [6.45, 7) is -0.220. The summed E-state index contributed by atoms with van der Waals surface area (Å²) < 4.78 is 11.1. The number of para-hydroxylation sites is 2. The number of amides is 1. The highest BCUT2D eigenvalue weighted by molar-refractivity contribution is 6.10. The number of carbonyl (C=O) groups excluding carboxylic acids is 1. The average Bonchev–Trinajstić information content (AvgIpc) is 3.21. The lowest BCUT2D eigenvalue weighted by molar-refractivity contribution is -0.385. The van der Waals surface area contributed by atoms with Crippen molar-refractivity contribution in [1.82, 2.24) is 0 Å². The van der Waals surface area contributed by atoms with Gasteiger partial charge < -0.3 is 19.5 Å². The Balaban J connectivity index is 1.72. The van der Waals surface area contributed by atoms with Crippen LogP contribution >= 0.6 is 0 Å². The van der Waals surface area contributed by atoms with E-state index in [0.717, 1.165) is 5.56 Å². The second-order valence-electron chi connectivity index (χ2n) is 7.38. The van der Waals surface area contributed by atoms with Crippen LogP contribution in [0.1, 0.15) is 21.5 Å². The lowest BCUT2D eigenvalue weighted by Gasteiger charge is -2.24. The van der Waals surface area contributed by atoms with Gasteiger partial charge >= 0.3 is 0 Å². The van der Waals surface area contributed by atoms with Crippen LogP contribution < -0.4 is 14.4 Å². The number of fused-ring (bicyclic) bond motifs is 1. The molecule has 1 aliphatic heterocycles. The molecule has 1 atom stereocenters. The summed E-state index contributed by atoms with van der Waals surface area (Å²) in [7, 11) is 1.43. The van der Waals surface area contributed by atoms with E-state index in [1.165, 1.54) is 24.1 Å². The Kier molecular flexibility index (Phi) is 6.04. The molecule has 4 rings (SSSR count). The smallest absolute Gasteiger partial charge is 0.282 e. The summed E-state index contributed by atoms with van der Waals surface area (Å²) in [5.41, 5.74) is 1.54. The van der Waals surface area contributed by atoms with Gasteiger partial charge in [-0.15, -0.1) is 0 Å². The molecule has 0 saturated carbocycles. The number of carbonyl (C=O) groups is 1. The molecule has 1 amide bonds. The van der Waals surface area contributed by atoms with Gasteiger partial charge in [0, 0.05) is 23.4 Å². The van der Waals surface area contributed by atoms with Crippen molar-refractivity contribution in [2.24, 2.45) is 0 Å². The molecule has 0 saturated heterocycles. The largest absolute Gasteiger partial charge is 0.496 e. The predicted molar refractivity (Wildman–Crippen MR) is 118 cm³/mol. The van der Waals surface area contributed by atoms with Crippen LogP contribution in [-0.2, 0) is 13.0 Å². The van der Waals surface area contributed by atoms with Gasteiger partial charge in [-0.3, -0.25) is 14.9 Å². The predicted octanol–water partition coefficient (Wildman–Crippen LogP) is 3.75. The van der Waals surface area contributed by atoms with E-state index in [-0.39, 0.29) is 24.5 Å². The van der Waals surface area contributed by atoms with Gasteiger partial charge in [-0.05, 0) is 30.2 Å². The number of methoxy groups -OCH3 is 1. The zero-order valence-corrected chi connectivity index (χ0v) is 17.4. The van der Waals surface area contributed by atoms with Crippen LogP contribution in [0.15, 0.2) is 66.7 Å². The van der Waals surface area contributed by atoms with Gasteiger partial charge in [0.1, 0.15) is 23.7 Å². The normalized spacial score (nSPS) is 14.7. The second-order valence-corrected chi connectivity index (χ2v) is 7.38. The maximum absolute atomic E-state index is 13.5. The third kappa shape index (κ3) is 4.00. The number of nitro benzene ring substituents is 1. The summed E-state index contributed by atoms with van der Waals surface area (Å²) in [5.74, 6) is 0.356. The van der Waals surface area contributed by atoms with E-state index in [0.29, 0.717) is 29.2 Å². The minimum Gasteiger partial charge on any atom is -0.496 e. The van der Waals surface area contributed by atoms with E-state index in [1.54, 1.807) is 24.3 Å². The molecule has 32 heavy (non-hydrogen) atoms. The zero-order valence-electron chi connectivity index (χ0n) is 17.4. The number of hydrogen-bond donors (Lipinski definition) is 1. The Morgan fingerprint density at radius 3 is 2.56 bits per heavy atom. The highest BCUT2D eigenvalue weighted by Crippen LogP contribution is 2.36. The molecular weight excluding hydrogens is 412 g/mol.